The lowest BCUT2D eigenvalue weighted by Gasteiger charge is -2.22. The summed E-state index contributed by atoms with van der Waals surface area (Å²) in [5.41, 5.74) is 4.61. The Morgan fingerprint density at radius 3 is 2.66 bits per heavy atom. The van der Waals surface area contributed by atoms with Crippen LogP contribution in [0.25, 0.3) is 5.69 Å². The zero-order valence-electron chi connectivity index (χ0n) is 16.4. The van der Waals surface area contributed by atoms with Crippen molar-refractivity contribution in [2.75, 3.05) is 0 Å². The molecular weight excluding hydrogens is 407 g/mol. The molecule has 1 fully saturated rings. The van der Waals surface area contributed by atoms with E-state index in [2.05, 4.69) is 10.1 Å². The Hall–Kier alpha value is -2.37. The molecule has 150 valence electrons. The van der Waals surface area contributed by atoms with Crippen molar-refractivity contribution in [3.05, 3.63) is 75.3 Å². The van der Waals surface area contributed by atoms with Crippen molar-refractivity contribution in [1.82, 2.24) is 19.7 Å². The van der Waals surface area contributed by atoms with Gasteiger partial charge in [0.05, 0.1) is 27.8 Å². The van der Waals surface area contributed by atoms with Crippen LogP contribution < -0.4 is 0 Å². The number of aryl methyl sites for hydroxylation is 1. The van der Waals surface area contributed by atoms with E-state index < -0.39 is 0 Å². The molecule has 7 heteroatoms. The Morgan fingerprint density at radius 1 is 1.21 bits per heavy atom. The fourth-order valence-electron chi connectivity index (χ4n) is 3.55. The summed E-state index contributed by atoms with van der Waals surface area (Å²) in [4.78, 5) is 19.3. The Kier molecular flexibility index (Phi) is 5.61. The minimum absolute atomic E-state index is 0.122. The van der Waals surface area contributed by atoms with E-state index in [9.17, 15) is 4.79 Å². The molecule has 0 unspecified atom stereocenters. The van der Waals surface area contributed by atoms with Gasteiger partial charge >= 0.3 is 0 Å². The number of benzene rings is 1. The highest BCUT2D eigenvalue weighted by atomic mass is 35.5. The number of halogens is 2. The Morgan fingerprint density at radius 2 is 2.00 bits per heavy atom. The third-order valence-electron chi connectivity index (χ3n) is 5.30. The van der Waals surface area contributed by atoms with Crippen LogP contribution in [-0.2, 0) is 17.8 Å². The number of hydrogen-bond donors (Lipinski definition) is 0. The monoisotopic (exact) mass is 428 g/mol. The van der Waals surface area contributed by atoms with Crippen LogP contribution in [0.4, 0.5) is 0 Å². The number of carbonyl (C=O) groups is 1. The third-order valence-corrected chi connectivity index (χ3v) is 6.04. The van der Waals surface area contributed by atoms with E-state index in [1.54, 1.807) is 18.3 Å². The molecule has 2 heterocycles. The first-order valence-corrected chi connectivity index (χ1v) is 10.4. The molecule has 0 radical (unpaired) electrons. The minimum Gasteiger partial charge on any atom is -0.335 e. The van der Waals surface area contributed by atoms with Gasteiger partial charge in [0.25, 0.3) is 0 Å². The van der Waals surface area contributed by atoms with Crippen LogP contribution in [0.1, 0.15) is 35.4 Å². The first kappa shape index (κ1) is 19.9. The summed E-state index contributed by atoms with van der Waals surface area (Å²) in [6.45, 7) is 4.51. The first-order chi connectivity index (χ1) is 13.9. The highest BCUT2D eigenvalue weighted by molar-refractivity contribution is 6.42. The number of carbonyl (C=O) groups excluding carboxylic acids is 1. The SMILES string of the molecule is Cc1nn(-c2ccc(Cl)c(Cl)c2)c(C)c1CC(=O)N(Cc1cccnc1)C1CC1. The second kappa shape index (κ2) is 8.17. The van der Waals surface area contributed by atoms with Gasteiger partial charge in [-0.15, -0.1) is 0 Å². The van der Waals surface area contributed by atoms with Crippen molar-refractivity contribution in [3.8, 4) is 5.69 Å². The highest BCUT2D eigenvalue weighted by Gasteiger charge is 2.33. The van der Waals surface area contributed by atoms with E-state index in [4.69, 9.17) is 23.2 Å². The minimum atomic E-state index is 0.122. The number of hydrogen-bond acceptors (Lipinski definition) is 3. The quantitative estimate of drug-likeness (QED) is 0.559. The second-order valence-electron chi connectivity index (χ2n) is 7.45. The molecule has 2 aromatic heterocycles. The fourth-order valence-corrected chi connectivity index (χ4v) is 3.84. The van der Waals surface area contributed by atoms with Crippen molar-refractivity contribution in [3.63, 3.8) is 0 Å². The molecule has 0 atom stereocenters. The van der Waals surface area contributed by atoms with Gasteiger partial charge in [0.15, 0.2) is 0 Å². The van der Waals surface area contributed by atoms with Gasteiger partial charge in [0.1, 0.15) is 0 Å². The lowest BCUT2D eigenvalue weighted by Crippen LogP contribution is -2.34. The zero-order valence-corrected chi connectivity index (χ0v) is 17.9. The number of rotatable bonds is 6. The summed E-state index contributed by atoms with van der Waals surface area (Å²) in [5.74, 6) is 0.122. The number of amides is 1. The van der Waals surface area contributed by atoms with Crippen molar-refractivity contribution in [2.24, 2.45) is 0 Å². The van der Waals surface area contributed by atoms with Gasteiger partial charge < -0.3 is 4.90 Å². The van der Waals surface area contributed by atoms with Crippen LogP contribution in [0.15, 0.2) is 42.7 Å². The second-order valence-corrected chi connectivity index (χ2v) is 8.26. The van der Waals surface area contributed by atoms with Gasteiger partial charge in [0.2, 0.25) is 5.91 Å². The van der Waals surface area contributed by atoms with Crippen LogP contribution >= 0.6 is 23.2 Å². The standard InChI is InChI=1S/C22H22Cl2N4O/c1-14-19(15(2)28(26-14)18-7-8-20(23)21(24)10-18)11-22(29)27(17-5-6-17)13-16-4-3-9-25-12-16/h3-4,7-10,12,17H,5-6,11,13H2,1-2H3. The number of aromatic nitrogens is 3. The third kappa shape index (κ3) is 4.31. The molecule has 0 bridgehead atoms. The molecule has 1 saturated carbocycles. The Labute approximate surface area is 180 Å². The predicted molar refractivity (Wildman–Crippen MR) is 115 cm³/mol. The van der Waals surface area contributed by atoms with Crippen LogP contribution in [0.2, 0.25) is 10.0 Å². The predicted octanol–water partition coefficient (Wildman–Crippen LogP) is 4.92. The molecule has 5 nitrogen and oxygen atoms in total. The first-order valence-electron chi connectivity index (χ1n) is 9.63. The number of pyridine rings is 1. The van der Waals surface area contributed by atoms with Gasteiger partial charge in [-0.2, -0.15) is 5.10 Å². The average Bonchev–Trinajstić information content (AvgIpc) is 3.51. The maximum Gasteiger partial charge on any atom is 0.227 e. The number of nitrogens with zero attached hydrogens (tertiary/aromatic N) is 4. The molecule has 1 aromatic carbocycles. The average molecular weight is 429 g/mol. The van der Waals surface area contributed by atoms with E-state index in [1.807, 2.05) is 47.8 Å². The van der Waals surface area contributed by atoms with Crippen molar-refractivity contribution >= 4 is 29.1 Å². The maximum absolute atomic E-state index is 13.2. The lowest BCUT2D eigenvalue weighted by atomic mass is 10.1. The fraction of sp³-hybridized carbons (Fsp3) is 0.318. The van der Waals surface area contributed by atoms with Crippen molar-refractivity contribution < 1.29 is 4.79 Å². The van der Waals surface area contributed by atoms with Crippen molar-refractivity contribution in [2.45, 2.75) is 45.7 Å². The largest absolute Gasteiger partial charge is 0.335 e. The highest BCUT2D eigenvalue weighted by Crippen LogP contribution is 2.30. The van der Waals surface area contributed by atoms with Crippen LogP contribution in [0.3, 0.4) is 0 Å². The smallest absolute Gasteiger partial charge is 0.227 e. The van der Waals surface area contributed by atoms with E-state index in [1.165, 1.54) is 0 Å². The molecule has 1 amide bonds. The van der Waals surface area contributed by atoms with E-state index >= 15 is 0 Å². The molecule has 3 aromatic rings. The van der Waals surface area contributed by atoms with Crippen LogP contribution in [0, 0.1) is 13.8 Å². The van der Waals surface area contributed by atoms with Gasteiger partial charge in [-0.05, 0) is 56.5 Å². The van der Waals surface area contributed by atoms with Crippen LogP contribution in [-0.4, -0.2) is 31.6 Å². The summed E-state index contributed by atoms with van der Waals surface area (Å²) >= 11 is 12.2. The molecule has 1 aliphatic carbocycles. The topological polar surface area (TPSA) is 51.0 Å². The van der Waals surface area contributed by atoms with E-state index in [0.29, 0.717) is 29.1 Å². The molecule has 0 N–H and O–H groups in total. The lowest BCUT2D eigenvalue weighted by molar-refractivity contribution is -0.131. The Balaban J connectivity index is 1.57. The molecule has 0 aliphatic heterocycles. The normalized spacial score (nSPS) is 13.5. The summed E-state index contributed by atoms with van der Waals surface area (Å²) in [5, 5.41) is 5.62. The molecule has 0 saturated heterocycles. The van der Waals surface area contributed by atoms with Gasteiger partial charge in [-0.3, -0.25) is 9.78 Å². The van der Waals surface area contributed by atoms with E-state index in [0.717, 1.165) is 41.0 Å². The molecule has 0 spiro atoms. The summed E-state index contributed by atoms with van der Waals surface area (Å²) in [6, 6.07) is 9.65. The zero-order chi connectivity index (χ0) is 20.5. The molecular formula is C22H22Cl2N4O. The van der Waals surface area contributed by atoms with Gasteiger partial charge in [-0.1, -0.05) is 29.3 Å². The maximum atomic E-state index is 13.2. The van der Waals surface area contributed by atoms with Crippen LogP contribution in [0.5, 0.6) is 0 Å². The summed E-state index contributed by atoms with van der Waals surface area (Å²) < 4.78 is 1.82. The molecule has 1 aliphatic rings. The van der Waals surface area contributed by atoms with Crippen molar-refractivity contribution in [1.29, 1.82) is 0 Å². The van der Waals surface area contributed by atoms with Gasteiger partial charge in [0, 0.05) is 36.2 Å². The molecule has 4 rings (SSSR count). The summed E-state index contributed by atoms with van der Waals surface area (Å²) in [7, 11) is 0. The summed E-state index contributed by atoms with van der Waals surface area (Å²) in [6.07, 6.45) is 6.02. The molecule has 29 heavy (non-hydrogen) atoms. The van der Waals surface area contributed by atoms with E-state index in [-0.39, 0.29) is 5.91 Å². The van der Waals surface area contributed by atoms with Gasteiger partial charge in [-0.25, -0.2) is 4.68 Å². The Bertz CT molecular complexity index is 1040.